The molecule has 0 unspecified atom stereocenters. The van der Waals surface area contributed by atoms with Crippen molar-refractivity contribution >= 4 is 11.6 Å². The molecule has 1 aromatic rings. The van der Waals surface area contributed by atoms with E-state index in [0.717, 1.165) is 44.0 Å². The summed E-state index contributed by atoms with van der Waals surface area (Å²) in [5.41, 5.74) is 2.50. The van der Waals surface area contributed by atoms with Crippen molar-refractivity contribution < 1.29 is 10.2 Å². The lowest BCUT2D eigenvalue weighted by Crippen LogP contribution is -2.38. The first-order valence-electron chi connectivity index (χ1n) is 10.7. The smallest absolute Gasteiger partial charge is 0.0698 e. The molecule has 148 valence electrons. The molecule has 1 aromatic carbocycles. The van der Waals surface area contributed by atoms with Crippen LogP contribution >= 0.6 is 11.6 Å². The molecule has 4 nitrogen and oxygen atoms in total. The molecular formula is C22H31ClN2O2. The molecule has 5 heteroatoms. The summed E-state index contributed by atoms with van der Waals surface area (Å²) < 4.78 is 0. The van der Waals surface area contributed by atoms with Gasteiger partial charge in [-0.3, -0.25) is 9.80 Å². The highest BCUT2D eigenvalue weighted by Gasteiger charge is 2.44. The Balaban J connectivity index is 1.30. The maximum atomic E-state index is 10.4. The van der Waals surface area contributed by atoms with Crippen LogP contribution < -0.4 is 0 Å². The van der Waals surface area contributed by atoms with E-state index >= 15 is 0 Å². The molecule has 5 rings (SSSR count). The molecule has 0 amide bonds. The van der Waals surface area contributed by atoms with E-state index in [1.54, 1.807) is 0 Å². The number of hydrogen-bond donors (Lipinski definition) is 2. The van der Waals surface area contributed by atoms with Gasteiger partial charge in [-0.05, 0) is 86.7 Å². The summed E-state index contributed by atoms with van der Waals surface area (Å²) in [7, 11) is 0. The molecule has 2 saturated carbocycles. The zero-order chi connectivity index (χ0) is 18.5. The van der Waals surface area contributed by atoms with Crippen LogP contribution in [0.4, 0.5) is 0 Å². The molecule has 2 aliphatic heterocycles. The average molecular weight is 391 g/mol. The van der Waals surface area contributed by atoms with Crippen molar-refractivity contribution in [2.75, 3.05) is 13.1 Å². The van der Waals surface area contributed by atoms with Gasteiger partial charge in [-0.1, -0.05) is 17.7 Å². The fourth-order valence-corrected chi connectivity index (χ4v) is 6.77. The maximum absolute atomic E-state index is 10.4. The van der Waals surface area contributed by atoms with E-state index in [1.165, 1.54) is 36.8 Å². The lowest BCUT2D eigenvalue weighted by molar-refractivity contribution is 0.0799. The second-order valence-corrected chi connectivity index (χ2v) is 9.71. The molecule has 4 fully saturated rings. The van der Waals surface area contributed by atoms with Gasteiger partial charge in [0.1, 0.15) is 0 Å². The summed E-state index contributed by atoms with van der Waals surface area (Å²) in [4.78, 5) is 4.93. The molecule has 2 aliphatic carbocycles. The summed E-state index contributed by atoms with van der Waals surface area (Å²) in [6.07, 6.45) is 6.33. The van der Waals surface area contributed by atoms with Crippen molar-refractivity contribution in [3.8, 4) is 0 Å². The van der Waals surface area contributed by atoms with Crippen LogP contribution in [0.5, 0.6) is 0 Å². The predicted molar refractivity (Wildman–Crippen MR) is 107 cm³/mol. The van der Waals surface area contributed by atoms with E-state index in [2.05, 4.69) is 28.0 Å². The Bertz CT molecular complexity index is 645. The van der Waals surface area contributed by atoms with Crippen LogP contribution in [0.15, 0.2) is 18.2 Å². The van der Waals surface area contributed by atoms with Gasteiger partial charge in [0.05, 0.1) is 12.2 Å². The highest BCUT2D eigenvalue weighted by molar-refractivity contribution is 6.30. The number of aliphatic hydroxyl groups excluding tert-OH is 2. The Hall–Kier alpha value is -0.650. The zero-order valence-corrected chi connectivity index (χ0v) is 16.7. The van der Waals surface area contributed by atoms with Crippen LogP contribution in [-0.2, 0) is 13.1 Å². The quantitative estimate of drug-likeness (QED) is 0.829. The fourth-order valence-electron chi connectivity index (χ4n) is 6.49. The van der Waals surface area contributed by atoms with Crippen LogP contribution in [0.2, 0.25) is 5.02 Å². The Kier molecular flexibility index (Phi) is 4.98. The number of rotatable bonds is 4. The third-order valence-electron chi connectivity index (χ3n) is 7.63. The Labute approximate surface area is 167 Å². The van der Waals surface area contributed by atoms with Crippen LogP contribution in [0, 0.1) is 11.8 Å². The summed E-state index contributed by atoms with van der Waals surface area (Å²) in [6, 6.07) is 7.11. The van der Waals surface area contributed by atoms with Crippen LogP contribution in [0.3, 0.4) is 0 Å². The standard InChI is InChI=1S/C22H31ClN2O2/c23-18-10-14(12-24-7-5-16-1-3-19(26)21(16)24)9-15(11-18)13-25-8-6-17-2-4-20(27)22(17)25/h9-11,16-17,19-22,26-27H,1-8,12-13H2/t16-,17-,19+,20+,21+,22+/m0/s1. The first kappa shape index (κ1) is 18.4. The third-order valence-corrected chi connectivity index (χ3v) is 7.85. The predicted octanol–water partition coefficient (Wildman–Crippen LogP) is 3.03. The minimum atomic E-state index is -0.165. The van der Waals surface area contributed by atoms with Gasteiger partial charge in [0, 0.05) is 30.2 Å². The summed E-state index contributed by atoms with van der Waals surface area (Å²) in [5, 5.41) is 21.5. The fraction of sp³-hybridized carbons (Fsp3) is 0.727. The molecule has 0 radical (unpaired) electrons. The molecular weight excluding hydrogens is 360 g/mol. The maximum Gasteiger partial charge on any atom is 0.0698 e. The first-order valence-corrected chi connectivity index (χ1v) is 11.1. The van der Waals surface area contributed by atoms with E-state index in [9.17, 15) is 10.2 Å². The largest absolute Gasteiger partial charge is 0.391 e. The van der Waals surface area contributed by atoms with Gasteiger partial charge in [0.15, 0.2) is 0 Å². The van der Waals surface area contributed by atoms with E-state index in [4.69, 9.17) is 11.6 Å². The number of benzene rings is 1. The van der Waals surface area contributed by atoms with Crippen molar-refractivity contribution in [2.45, 2.75) is 75.9 Å². The van der Waals surface area contributed by atoms with Crippen molar-refractivity contribution in [1.29, 1.82) is 0 Å². The summed E-state index contributed by atoms with van der Waals surface area (Å²) >= 11 is 6.46. The molecule has 6 atom stereocenters. The van der Waals surface area contributed by atoms with Crippen LogP contribution in [-0.4, -0.2) is 57.4 Å². The molecule has 0 spiro atoms. The van der Waals surface area contributed by atoms with Crippen molar-refractivity contribution in [3.05, 3.63) is 34.3 Å². The highest BCUT2D eigenvalue weighted by Crippen LogP contribution is 2.40. The lowest BCUT2D eigenvalue weighted by atomic mass is 10.0. The van der Waals surface area contributed by atoms with E-state index in [1.807, 2.05) is 0 Å². The van der Waals surface area contributed by atoms with E-state index < -0.39 is 0 Å². The number of halogens is 1. The van der Waals surface area contributed by atoms with Gasteiger partial charge in [-0.25, -0.2) is 0 Å². The minimum absolute atomic E-state index is 0.165. The Morgan fingerprint density at radius 3 is 1.70 bits per heavy atom. The van der Waals surface area contributed by atoms with Crippen molar-refractivity contribution in [1.82, 2.24) is 9.80 Å². The van der Waals surface area contributed by atoms with Gasteiger partial charge in [-0.15, -0.1) is 0 Å². The second-order valence-electron chi connectivity index (χ2n) is 9.28. The van der Waals surface area contributed by atoms with Crippen LogP contribution in [0.25, 0.3) is 0 Å². The van der Waals surface area contributed by atoms with Gasteiger partial charge >= 0.3 is 0 Å². The van der Waals surface area contributed by atoms with Crippen LogP contribution in [0.1, 0.15) is 49.7 Å². The lowest BCUT2D eigenvalue weighted by Gasteiger charge is -2.28. The second kappa shape index (κ2) is 7.31. The number of fused-ring (bicyclic) bond motifs is 2. The number of nitrogens with zero attached hydrogens (tertiary/aromatic N) is 2. The molecule has 4 aliphatic rings. The minimum Gasteiger partial charge on any atom is -0.391 e. The molecule has 27 heavy (non-hydrogen) atoms. The normalized spacial score (nSPS) is 39.2. The SMILES string of the molecule is O[C@@H]1CC[C@H]2CCN(Cc3cc(Cl)cc(CN4CC[C@@H]5CC[C@@H](O)[C@@H]54)c3)[C@H]21. The third kappa shape index (κ3) is 3.44. The molecule has 2 N–H and O–H groups in total. The monoisotopic (exact) mass is 390 g/mol. The molecule has 0 aromatic heterocycles. The average Bonchev–Trinajstić information content (AvgIpc) is 3.36. The number of likely N-dealkylation sites (tertiary alicyclic amines) is 2. The Morgan fingerprint density at radius 1 is 0.741 bits per heavy atom. The number of aliphatic hydroxyl groups is 2. The van der Waals surface area contributed by atoms with Crippen molar-refractivity contribution in [3.63, 3.8) is 0 Å². The number of hydrogen-bond acceptors (Lipinski definition) is 4. The van der Waals surface area contributed by atoms with E-state index in [0.29, 0.717) is 23.9 Å². The van der Waals surface area contributed by atoms with E-state index in [-0.39, 0.29) is 12.2 Å². The van der Waals surface area contributed by atoms with Gasteiger partial charge in [-0.2, -0.15) is 0 Å². The molecule has 2 heterocycles. The van der Waals surface area contributed by atoms with Crippen molar-refractivity contribution in [2.24, 2.45) is 11.8 Å². The summed E-state index contributed by atoms with van der Waals surface area (Å²) in [5.74, 6) is 1.34. The summed E-state index contributed by atoms with van der Waals surface area (Å²) in [6.45, 7) is 3.91. The molecule has 0 bridgehead atoms. The van der Waals surface area contributed by atoms with Gasteiger partial charge in [0.2, 0.25) is 0 Å². The first-order chi connectivity index (χ1) is 13.1. The highest BCUT2D eigenvalue weighted by atomic mass is 35.5. The van der Waals surface area contributed by atoms with Gasteiger partial charge in [0.25, 0.3) is 0 Å². The van der Waals surface area contributed by atoms with Gasteiger partial charge < -0.3 is 10.2 Å². The molecule has 2 saturated heterocycles. The zero-order valence-electron chi connectivity index (χ0n) is 15.9. The Morgan fingerprint density at radius 2 is 1.22 bits per heavy atom. The topological polar surface area (TPSA) is 46.9 Å².